The first kappa shape index (κ1) is 35.9. The van der Waals surface area contributed by atoms with Gasteiger partial charge in [0.2, 0.25) is 0 Å². The van der Waals surface area contributed by atoms with Gasteiger partial charge in [0.05, 0.1) is 17.2 Å². The molecule has 1 unspecified atom stereocenters. The Morgan fingerprint density at radius 2 is 1.36 bits per heavy atom. The first-order chi connectivity index (χ1) is 25.5. The van der Waals surface area contributed by atoms with Crippen LogP contribution in [0.5, 0.6) is 0 Å². The maximum absolute atomic E-state index is 13.6. The molecule has 12 heteroatoms. The molecule has 0 saturated carbocycles. The number of aromatic nitrogens is 2. The van der Waals surface area contributed by atoms with Gasteiger partial charge in [0.15, 0.2) is 0 Å². The van der Waals surface area contributed by atoms with Crippen molar-refractivity contribution in [3.05, 3.63) is 154 Å². The van der Waals surface area contributed by atoms with Crippen LogP contribution in [-0.2, 0) is 14.0 Å². The Bertz CT molecular complexity index is 2130. The number of imide groups is 1. The van der Waals surface area contributed by atoms with Crippen LogP contribution in [0.2, 0.25) is 5.04 Å². The highest BCUT2D eigenvalue weighted by molar-refractivity contribution is 6.99. The zero-order valence-corrected chi connectivity index (χ0v) is 30.9. The van der Waals surface area contributed by atoms with Crippen LogP contribution in [0.25, 0.3) is 0 Å². The zero-order chi connectivity index (χ0) is 37.3. The maximum Gasteiger partial charge on any atom is 0.351 e. The van der Waals surface area contributed by atoms with Crippen LogP contribution < -0.4 is 21.4 Å². The number of ether oxygens (including phenoxy) is 1. The van der Waals surface area contributed by atoms with Crippen LogP contribution in [0.1, 0.15) is 70.1 Å². The average Bonchev–Trinajstić information content (AvgIpc) is 3.67. The summed E-state index contributed by atoms with van der Waals surface area (Å²) in [6.07, 6.45) is -0.459. The molecule has 3 atom stereocenters. The molecule has 3 amide bonds. The van der Waals surface area contributed by atoms with Gasteiger partial charge in [-0.1, -0.05) is 112 Å². The van der Waals surface area contributed by atoms with E-state index >= 15 is 0 Å². The second-order valence-corrected chi connectivity index (χ2v) is 18.5. The number of fused-ring (bicyclic) bond motifs is 1. The molecular weight excluding hydrogens is 689 g/mol. The standard InChI is InChI=1S/C41H40N4O7Si/c1-27-25-44(40(49)43-36(27)42-37(46)28-16-8-5-9-17-28)35-24-33(34(51-35)26-50-45-38(47)31-22-14-15-23-32(31)39(45)48)52-53(41(2,3)4,29-18-10-6-11-19-29)30-20-12-7-13-21-30/h5-23,25,33-35H,24,26H2,1-4H3,(H,42,43,46,49)/t33?,34-,35-/m1/s1. The van der Waals surface area contributed by atoms with Crippen molar-refractivity contribution in [2.24, 2.45) is 0 Å². The second-order valence-electron chi connectivity index (χ2n) is 14.2. The lowest BCUT2D eigenvalue weighted by Crippen LogP contribution is -2.68. The van der Waals surface area contributed by atoms with Gasteiger partial charge >= 0.3 is 5.69 Å². The molecule has 4 aromatic carbocycles. The largest absolute Gasteiger partial charge is 0.402 e. The van der Waals surface area contributed by atoms with Crippen molar-refractivity contribution in [2.45, 2.75) is 57.6 Å². The highest BCUT2D eigenvalue weighted by atomic mass is 28.4. The summed E-state index contributed by atoms with van der Waals surface area (Å²) in [5.41, 5.74) is 0.870. The minimum Gasteiger partial charge on any atom is -0.402 e. The fourth-order valence-corrected chi connectivity index (χ4v) is 11.9. The molecule has 270 valence electrons. The van der Waals surface area contributed by atoms with Crippen LogP contribution in [0, 0.1) is 6.92 Å². The number of carbonyl (C=O) groups is 3. The Morgan fingerprint density at radius 3 is 1.91 bits per heavy atom. The molecule has 3 heterocycles. The highest BCUT2D eigenvalue weighted by Crippen LogP contribution is 2.41. The smallest absolute Gasteiger partial charge is 0.351 e. The number of hydrogen-bond acceptors (Lipinski definition) is 8. The van der Waals surface area contributed by atoms with E-state index < -0.39 is 44.3 Å². The van der Waals surface area contributed by atoms with Crippen LogP contribution in [-0.4, -0.2) is 59.5 Å². The van der Waals surface area contributed by atoms with Crippen molar-refractivity contribution in [3.63, 3.8) is 0 Å². The summed E-state index contributed by atoms with van der Waals surface area (Å²) in [7, 11) is -3.14. The van der Waals surface area contributed by atoms with E-state index in [1.165, 1.54) is 4.57 Å². The molecule has 5 aromatic rings. The second kappa shape index (κ2) is 14.5. The summed E-state index contributed by atoms with van der Waals surface area (Å²) >= 11 is 0. The van der Waals surface area contributed by atoms with E-state index in [1.807, 2.05) is 42.5 Å². The summed E-state index contributed by atoms with van der Waals surface area (Å²) in [4.78, 5) is 63.2. The van der Waals surface area contributed by atoms with Crippen LogP contribution in [0.3, 0.4) is 0 Å². The first-order valence-electron chi connectivity index (χ1n) is 17.5. The molecule has 0 radical (unpaired) electrons. The average molecular weight is 729 g/mol. The lowest BCUT2D eigenvalue weighted by atomic mass is 10.1. The first-order valence-corrected chi connectivity index (χ1v) is 19.4. The van der Waals surface area contributed by atoms with Crippen molar-refractivity contribution in [2.75, 3.05) is 11.9 Å². The number of rotatable bonds is 10. The maximum atomic E-state index is 13.6. The Morgan fingerprint density at radius 1 is 0.830 bits per heavy atom. The fraction of sp³-hybridized carbons (Fsp3) is 0.244. The van der Waals surface area contributed by atoms with Crippen LogP contribution >= 0.6 is 0 Å². The normalized spacial score (nSPS) is 18.6. The lowest BCUT2D eigenvalue weighted by molar-refractivity contribution is -0.139. The summed E-state index contributed by atoms with van der Waals surface area (Å²) in [5, 5.41) is 5.23. The Hall–Kier alpha value is -5.53. The third-order valence-corrected chi connectivity index (χ3v) is 14.8. The quantitative estimate of drug-likeness (QED) is 0.152. The van der Waals surface area contributed by atoms with Crippen molar-refractivity contribution >= 4 is 42.2 Å². The monoisotopic (exact) mass is 728 g/mol. The minimum absolute atomic E-state index is 0.142. The van der Waals surface area contributed by atoms with E-state index in [9.17, 15) is 19.2 Å². The predicted octanol–water partition coefficient (Wildman–Crippen LogP) is 5.26. The lowest BCUT2D eigenvalue weighted by Gasteiger charge is -2.45. The number of hydroxylamine groups is 2. The number of amides is 3. The Labute approximate surface area is 308 Å². The molecule has 11 nitrogen and oxygen atoms in total. The number of aryl methyl sites for hydroxylation is 1. The summed E-state index contributed by atoms with van der Waals surface area (Å²) in [6, 6.07) is 35.5. The van der Waals surface area contributed by atoms with Gasteiger partial charge in [0, 0.05) is 23.7 Å². The number of nitrogens with one attached hydrogen (secondary N) is 1. The summed E-state index contributed by atoms with van der Waals surface area (Å²) < 4.78 is 15.4. The van der Waals surface area contributed by atoms with Gasteiger partial charge in [-0.25, -0.2) is 4.79 Å². The van der Waals surface area contributed by atoms with Gasteiger partial charge in [-0.2, -0.15) is 4.98 Å². The number of hydrogen-bond donors (Lipinski definition) is 1. The SMILES string of the molecule is Cc1cn([C@H]2CC(O[Si](c3ccccc3)(c3ccccc3)C(C)(C)C)[C@@H](CON3C(=O)c4ccccc4C3=O)O2)c(=O)nc1NC(=O)c1ccccc1. The van der Waals surface area contributed by atoms with Crippen LogP contribution in [0.4, 0.5) is 5.82 Å². The molecule has 0 spiro atoms. The van der Waals surface area contributed by atoms with Gasteiger partial charge in [-0.05, 0) is 46.6 Å². The third kappa shape index (κ3) is 6.77. The van der Waals surface area contributed by atoms with E-state index in [1.54, 1.807) is 61.7 Å². The van der Waals surface area contributed by atoms with E-state index in [4.69, 9.17) is 14.0 Å². The van der Waals surface area contributed by atoms with E-state index in [-0.39, 0.29) is 40.9 Å². The minimum atomic E-state index is -3.14. The van der Waals surface area contributed by atoms with E-state index in [0.717, 1.165) is 15.4 Å². The van der Waals surface area contributed by atoms with Gasteiger partial charge in [0.1, 0.15) is 24.8 Å². The van der Waals surface area contributed by atoms with Crippen molar-refractivity contribution < 1.29 is 28.4 Å². The Balaban J connectivity index is 1.24. The van der Waals surface area contributed by atoms with E-state index in [2.05, 4.69) is 55.3 Å². The summed E-state index contributed by atoms with van der Waals surface area (Å²) in [6.45, 7) is 8.03. The van der Waals surface area contributed by atoms with Gasteiger partial charge < -0.3 is 14.5 Å². The molecule has 0 aliphatic carbocycles. The molecule has 1 fully saturated rings. The zero-order valence-electron chi connectivity index (χ0n) is 29.9. The fourth-order valence-electron chi connectivity index (χ4n) is 7.16. The molecule has 2 aliphatic heterocycles. The van der Waals surface area contributed by atoms with E-state index in [0.29, 0.717) is 11.1 Å². The molecule has 1 aromatic heterocycles. The Kier molecular flexibility index (Phi) is 9.79. The van der Waals surface area contributed by atoms with Gasteiger partial charge in [-0.15, -0.1) is 5.06 Å². The highest BCUT2D eigenvalue weighted by Gasteiger charge is 2.54. The van der Waals surface area contributed by atoms with Crippen LogP contribution in [0.15, 0.2) is 126 Å². The number of carbonyl (C=O) groups excluding carboxylic acids is 3. The molecule has 53 heavy (non-hydrogen) atoms. The summed E-state index contributed by atoms with van der Waals surface area (Å²) in [5.74, 6) is -1.37. The number of anilines is 1. The molecule has 1 N–H and O–H groups in total. The molecular formula is C41H40N4O7Si. The van der Waals surface area contributed by atoms with Crippen molar-refractivity contribution in [1.82, 2.24) is 14.6 Å². The molecule has 0 bridgehead atoms. The molecule has 7 rings (SSSR count). The number of benzene rings is 4. The van der Waals surface area contributed by atoms with Gasteiger partial charge in [0.25, 0.3) is 26.0 Å². The predicted molar refractivity (Wildman–Crippen MR) is 202 cm³/mol. The van der Waals surface area contributed by atoms with Crippen molar-refractivity contribution in [1.29, 1.82) is 0 Å². The number of nitrogens with zero attached hydrogens (tertiary/aromatic N) is 3. The molecule has 1 saturated heterocycles. The topological polar surface area (TPSA) is 129 Å². The third-order valence-electron chi connectivity index (χ3n) is 9.76. The molecule has 2 aliphatic rings. The van der Waals surface area contributed by atoms with Crippen molar-refractivity contribution in [3.8, 4) is 0 Å². The van der Waals surface area contributed by atoms with Gasteiger partial charge in [-0.3, -0.25) is 23.8 Å².